The summed E-state index contributed by atoms with van der Waals surface area (Å²) < 4.78 is 4.55. The SMILES string of the molecule is CCOC(=O)CC.c1cncnc1. The van der Waals surface area contributed by atoms with Crippen LogP contribution in [0.2, 0.25) is 0 Å². The number of esters is 1. The van der Waals surface area contributed by atoms with Crippen molar-refractivity contribution in [2.75, 3.05) is 6.61 Å². The van der Waals surface area contributed by atoms with Crippen molar-refractivity contribution in [3.8, 4) is 0 Å². The van der Waals surface area contributed by atoms with Crippen LogP contribution in [-0.2, 0) is 9.53 Å². The van der Waals surface area contributed by atoms with E-state index < -0.39 is 0 Å². The first kappa shape index (κ1) is 11.6. The predicted octanol–water partition coefficient (Wildman–Crippen LogP) is 1.44. The van der Waals surface area contributed by atoms with E-state index in [1.807, 2.05) is 0 Å². The number of carbonyl (C=O) groups is 1. The zero-order valence-corrected chi connectivity index (χ0v) is 7.93. The first-order valence-corrected chi connectivity index (χ1v) is 4.16. The molecule has 1 aromatic heterocycles. The summed E-state index contributed by atoms with van der Waals surface area (Å²) in [5, 5.41) is 0. The zero-order valence-electron chi connectivity index (χ0n) is 7.93. The monoisotopic (exact) mass is 182 g/mol. The summed E-state index contributed by atoms with van der Waals surface area (Å²) in [5.74, 6) is -0.123. The van der Waals surface area contributed by atoms with Crippen molar-refractivity contribution in [1.82, 2.24) is 9.97 Å². The van der Waals surface area contributed by atoms with Gasteiger partial charge in [0.25, 0.3) is 0 Å². The molecule has 0 N–H and O–H groups in total. The van der Waals surface area contributed by atoms with E-state index in [1.54, 1.807) is 32.3 Å². The Hall–Kier alpha value is -1.45. The van der Waals surface area contributed by atoms with E-state index in [4.69, 9.17) is 0 Å². The van der Waals surface area contributed by atoms with E-state index in [2.05, 4.69) is 14.7 Å². The lowest BCUT2D eigenvalue weighted by atomic mass is 10.5. The standard InChI is InChI=1S/C5H10O2.C4H4N2/c1-3-5(6)7-4-2;1-2-5-4-6-3-1/h3-4H2,1-2H3;1-4H. The second-order valence-electron chi connectivity index (χ2n) is 2.06. The van der Waals surface area contributed by atoms with Gasteiger partial charge in [0, 0.05) is 18.8 Å². The molecule has 0 aliphatic rings. The minimum absolute atomic E-state index is 0.123. The molecule has 0 unspecified atom stereocenters. The van der Waals surface area contributed by atoms with Crippen molar-refractivity contribution in [2.24, 2.45) is 0 Å². The molecular weight excluding hydrogens is 168 g/mol. The molecule has 0 atom stereocenters. The molecule has 0 aliphatic heterocycles. The fraction of sp³-hybridized carbons (Fsp3) is 0.444. The molecule has 4 heteroatoms. The van der Waals surface area contributed by atoms with Crippen molar-refractivity contribution in [3.63, 3.8) is 0 Å². The van der Waals surface area contributed by atoms with Gasteiger partial charge in [0.15, 0.2) is 0 Å². The van der Waals surface area contributed by atoms with Crippen LogP contribution in [0, 0.1) is 0 Å². The summed E-state index contributed by atoms with van der Waals surface area (Å²) in [7, 11) is 0. The molecule has 0 fully saturated rings. The Morgan fingerprint density at radius 3 is 2.08 bits per heavy atom. The molecule has 0 saturated heterocycles. The number of carbonyl (C=O) groups excluding carboxylic acids is 1. The maximum Gasteiger partial charge on any atom is 0.305 e. The average molecular weight is 182 g/mol. The third-order valence-electron chi connectivity index (χ3n) is 1.07. The molecule has 4 nitrogen and oxygen atoms in total. The third kappa shape index (κ3) is 8.46. The van der Waals surface area contributed by atoms with E-state index >= 15 is 0 Å². The summed E-state index contributed by atoms with van der Waals surface area (Å²) in [5.41, 5.74) is 0. The smallest absolute Gasteiger partial charge is 0.305 e. The molecule has 72 valence electrons. The summed E-state index contributed by atoms with van der Waals surface area (Å²) in [6.45, 7) is 4.07. The lowest BCUT2D eigenvalue weighted by Crippen LogP contribution is -2.00. The highest BCUT2D eigenvalue weighted by atomic mass is 16.5. The van der Waals surface area contributed by atoms with Crippen LogP contribution in [0.5, 0.6) is 0 Å². The number of hydrogen-bond acceptors (Lipinski definition) is 4. The first-order valence-electron chi connectivity index (χ1n) is 4.16. The number of hydrogen-bond donors (Lipinski definition) is 0. The third-order valence-corrected chi connectivity index (χ3v) is 1.07. The van der Waals surface area contributed by atoms with Crippen molar-refractivity contribution < 1.29 is 9.53 Å². The Balaban J connectivity index is 0.000000223. The van der Waals surface area contributed by atoms with Crippen LogP contribution in [0.3, 0.4) is 0 Å². The highest BCUT2D eigenvalue weighted by Crippen LogP contribution is 1.80. The van der Waals surface area contributed by atoms with Crippen LogP contribution in [0.1, 0.15) is 20.3 Å². The number of nitrogens with zero attached hydrogens (tertiary/aromatic N) is 2. The Bertz CT molecular complexity index is 187. The van der Waals surface area contributed by atoms with Gasteiger partial charge in [0.1, 0.15) is 6.33 Å². The Labute approximate surface area is 78.0 Å². The van der Waals surface area contributed by atoms with Crippen LogP contribution in [0.25, 0.3) is 0 Å². The van der Waals surface area contributed by atoms with Gasteiger partial charge < -0.3 is 4.74 Å². The minimum atomic E-state index is -0.123. The Morgan fingerprint density at radius 1 is 1.31 bits per heavy atom. The van der Waals surface area contributed by atoms with Crippen LogP contribution < -0.4 is 0 Å². The largest absolute Gasteiger partial charge is 0.466 e. The van der Waals surface area contributed by atoms with Gasteiger partial charge in [-0.3, -0.25) is 4.79 Å². The summed E-state index contributed by atoms with van der Waals surface area (Å²) in [4.78, 5) is 17.5. The minimum Gasteiger partial charge on any atom is -0.466 e. The summed E-state index contributed by atoms with van der Waals surface area (Å²) >= 11 is 0. The molecule has 0 radical (unpaired) electrons. The second kappa shape index (κ2) is 8.64. The maximum atomic E-state index is 10.2. The molecular formula is C9H14N2O2. The van der Waals surface area contributed by atoms with Gasteiger partial charge in [0.05, 0.1) is 6.61 Å². The van der Waals surface area contributed by atoms with E-state index in [-0.39, 0.29) is 5.97 Å². The van der Waals surface area contributed by atoms with Crippen molar-refractivity contribution in [3.05, 3.63) is 24.8 Å². The van der Waals surface area contributed by atoms with E-state index in [0.717, 1.165) is 0 Å². The molecule has 0 spiro atoms. The quantitative estimate of drug-likeness (QED) is 0.649. The predicted molar refractivity (Wildman–Crippen MR) is 49.0 cm³/mol. The van der Waals surface area contributed by atoms with Crippen LogP contribution in [0.15, 0.2) is 24.8 Å². The van der Waals surface area contributed by atoms with Crippen molar-refractivity contribution in [1.29, 1.82) is 0 Å². The number of rotatable bonds is 2. The molecule has 1 rings (SSSR count). The molecule has 0 aromatic carbocycles. The van der Waals surface area contributed by atoms with Crippen molar-refractivity contribution >= 4 is 5.97 Å². The van der Waals surface area contributed by atoms with E-state index in [9.17, 15) is 4.79 Å². The molecule has 0 amide bonds. The molecule has 1 heterocycles. The van der Waals surface area contributed by atoms with Gasteiger partial charge in [-0.1, -0.05) is 6.92 Å². The molecule has 0 aliphatic carbocycles. The lowest BCUT2D eigenvalue weighted by molar-refractivity contribution is -0.142. The first-order chi connectivity index (χ1) is 6.31. The summed E-state index contributed by atoms with van der Waals surface area (Å²) in [6.07, 6.45) is 5.36. The Morgan fingerprint density at radius 2 is 1.92 bits per heavy atom. The highest BCUT2D eigenvalue weighted by Gasteiger charge is 1.91. The van der Waals surface area contributed by atoms with Crippen LogP contribution in [-0.4, -0.2) is 22.5 Å². The highest BCUT2D eigenvalue weighted by molar-refractivity contribution is 5.68. The normalized spacial score (nSPS) is 8.15. The van der Waals surface area contributed by atoms with E-state index in [1.165, 1.54) is 6.33 Å². The van der Waals surface area contributed by atoms with Gasteiger partial charge in [-0.05, 0) is 13.0 Å². The van der Waals surface area contributed by atoms with Gasteiger partial charge in [-0.25, -0.2) is 9.97 Å². The fourth-order valence-electron chi connectivity index (χ4n) is 0.516. The van der Waals surface area contributed by atoms with Crippen LogP contribution >= 0.6 is 0 Å². The summed E-state index contributed by atoms with van der Waals surface area (Å²) in [6, 6.07) is 1.78. The molecule has 0 saturated carbocycles. The maximum absolute atomic E-state index is 10.2. The second-order valence-corrected chi connectivity index (χ2v) is 2.06. The van der Waals surface area contributed by atoms with Gasteiger partial charge in [0.2, 0.25) is 0 Å². The zero-order chi connectivity index (χ0) is 9.94. The number of aromatic nitrogens is 2. The van der Waals surface area contributed by atoms with Gasteiger partial charge in [-0.15, -0.1) is 0 Å². The molecule has 1 aromatic rings. The topological polar surface area (TPSA) is 52.1 Å². The molecule has 0 bridgehead atoms. The average Bonchev–Trinajstić information content (AvgIpc) is 2.22. The number of ether oxygens (including phenoxy) is 1. The van der Waals surface area contributed by atoms with E-state index in [0.29, 0.717) is 13.0 Å². The van der Waals surface area contributed by atoms with Gasteiger partial charge >= 0.3 is 5.97 Å². The lowest BCUT2D eigenvalue weighted by Gasteiger charge is -1.93. The Kier molecular flexibility index (Phi) is 7.68. The van der Waals surface area contributed by atoms with Gasteiger partial charge in [-0.2, -0.15) is 0 Å². The van der Waals surface area contributed by atoms with Crippen molar-refractivity contribution in [2.45, 2.75) is 20.3 Å². The fourth-order valence-corrected chi connectivity index (χ4v) is 0.516. The van der Waals surface area contributed by atoms with Crippen LogP contribution in [0.4, 0.5) is 0 Å². The molecule has 13 heavy (non-hydrogen) atoms.